The smallest absolute Gasteiger partial charge is 0.421 e. The zero-order valence-electron chi connectivity index (χ0n) is 9.34. The van der Waals surface area contributed by atoms with Gasteiger partial charge in [-0.05, 0) is 18.8 Å². The molecular formula is C8H17N3O4S. The lowest BCUT2D eigenvalue weighted by Crippen LogP contribution is -2.56. The van der Waals surface area contributed by atoms with Crippen LogP contribution in [0, 0.1) is 5.92 Å². The predicted octanol–water partition coefficient (Wildman–Crippen LogP) is -0.396. The molecule has 0 saturated carbocycles. The van der Waals surface area contributed by atoms with E-state index in [0.29, 0.717) is 6.54 Å². The molecule has 0 aromatic heterocycles. The number of nitrogens with two attached hydrogens (primary N) is 1. The van der Waals surface area contributed by atoms with Crippen molar-refractivity contribution in [1.82, 2.24) is 9.03 Å². The lowest BCUT2D eigenvalue weighted by atomic mass is 9.99. The fourth-order valence-corrected chi connectivity index (χ4v) is 2.97. The van der Waals surface area contributed by atoms with E-state index in [2.05, 4.69) is 4.74 Å². The Kier molecular flexibility index (Phi) is 4.11. The third kappa shape index (κ3) is 2.83. The highest BCUT2D eigenvalue weighted by Crippen LogP contribution is 2.21. The fraction of sp³-hybridized carbons (Fsp3) is 0.875. The summed E-state index contributed by atoms with van der Waals surface area (Å²) < 4.78 is 30.6. The van der Waals surface area contributed by atoms with Crippen LogP contribution in [-0.2, 0) is 14.9 Å². The Labute approximate surface area is 95.1 Å². The van der Waals surface area contributed by atoms with Crippen molar-refractivity contribution in [2.45, 2.75) is 25.9 Å². The van der Waals surface area contributed by atoms with E-state index in [9.17, 15) is 13.2 Å². The molecule has 7 nitrogen and oxygen atoms in total. The van der Waals surface area contributed by atoms with E-state index in [0.717, 1.165) is 24.3 Å². The van der Waals surface area contributed by atoms with Crippen molar-refractivity contribution in [3.05, 3.63) is 0 Å². The summed E-state index contributed by atoms with van der Waals surface area (Å²) in [5.74, 6) is 0.0722. The summed E-state index contributed by atoms with van der Waals surface area (Å²) in [4.78, 5) is 10.9. The molecule has 8 heteroatoms. The van der Waals surface area contributed by atoms with Crippen LogP contribution in [0.4, 0.5) is 4.79 Å². The number of carbonyl (C=O) groups is 1. The summed E-state index contributed by atoms with van der Waals surface area (Å²) in [6.07, 6.45) is 0.00358. The first-order valence-corrected chi connectivity index (χ1v) is 6.45. The largest absolute Gasteiger partial charge is 0.452 e. The van der Waals surface area contributed by atoms with Crippen molar-refractivity contribution in [3.8, 4) is 0 Å². The number of ether oxygens (including phenoxy) is 1. The van der Waals surface area contributed by atoms with Crippen molar-refractivity contribution >= 4 is 16.3 Å². The Bertz CT molecular complexity index is 356. The van der Waals surface area contributed by atoms with Crippen LogP contribution >= 0.6 is 0 Å². The van der Waals surface area contributed by atoms with Gasteiger partial charge in [0.25, 0.3) is 0 Å². The van der Waals surface area contributed by atoms with Gasteiger partial charge in [-0.15, -0.1) is 0 Å². The molecule has 1 aliphatic rings. The summed E-state index contributed by atoms with van der Waals surface area (Å²) in [7, 11) is -2.79. The van der Waals surface area contributed by atoms with Crippen molar-refractivity contribution < 1.29 is 17.9 Å². The standard InChI is InChI=1S/C8H17N3O4S/c1-6-4-3-5-11(7(6)9)16(13,14)10-8(12)15-2/h6-7H,3-5,9H2,1-2H3,(H,10,12). The second-order valence-electron chi connectivity index (χ2n) is 3.82. The number of hydrogen-bond donors (Lipinski definition) is 2. The molecule has 3 N–H and O–H groups in total. The minimum absolute atomic E-state index is 0.0722. The molecule has 1 aliphatic heterocycles. The molecule has 0 spiro atoms. The summed E-state index contributed by atoms with van der Waals surface area (Å²) in [5, 5.41) is 0. The molecule has 1 saturated heterocycles. The molecule has 94 valence electrons. The fourth-order valence-electron chi connectivity index (χ4n) is 1.66. The normalized spacial score (nSPS) is 27.4. The van der Waals surface area contributed by atoms with E-state index in [4.69, 9.17) is 5.73 Å². The zero-order chi connectivity index (χ0) is 12.3. The number of amides is 1. The first-order valence-electron chi connectivity index (χ1n) is 5.01. The topological polar surface area (TPSA) is 102 Å². The van der Waals surface area contributed by atoms with Gasteiger partial charge in [0.15, 0.2) is 0 Å². The Morgan fingerprint density at radius 3 is 2.75 bits per heavy atom. The van der Waals surface area contributed by atoms with E-state index >= 15 is 0 Å². The Balaban J connectivity index is 2.78. The van der Waals surface area contributed by atoms with Gasteiger partial charge in [0.1, 0.15) is 0 Å². The maximum absolute atomic E-state index is 11.7. The molecule has 16 heavy (non-hydrogen) atoms. The number of nitrogens with zero attached hydrogens (tertiary/aromatic N) is 1. The number of nitrogens with one attached hydrogen (secondary N) is 1. The van der Waals surface area contributed by atoms with Gasteiger partial charge in [-0.3, -0.25) is 0 Å². The van der Waals surface area contributed by atoms with E-state index in [1.807, 2.05) is 6.92 Å². The number of hydrogen-bond acceptors (Lipinski definition) is 5. The van der Waals surface area contributed by atoms with Crippen LogP contribution in [0.1, 0.15) is 19.8 Å². The Hall–Kier alpha value is -0.860. The van der Waals surface area contributed by atoms with E-state index < -0.39 is 22.5 Å². The SMILES string of the molecule is COC(=O)NS(=O)(=O)N1CCCC(C)C1N. The summed E-state index contributed by atoms with van der Waals surface area (Å²) in [6, 6.07) is 0. The van der Waals surface area contributed by atoms with Crippen LogP contribution in [0.25, 0.3) is 0 Å². The van der Waals surface area contributed by atoms with Gasteiger partial charge < -0.3 is 10.5 Å². The van der Waals surface area contributed by atoms with Crippen LogP contribution in [0.2, 0.25) is 0 Å². The van der Waals surface area contributed by atoms with Gasteiger partial charge in [0.2, 0.25) is 0 Å². The highest BCUT2D eigenvalue weighted by molar-refractivity contribution is 7.87. The first-order chi connectivity index (χ1) is 7.38. The molecule has 1 fully saturated rings. The molecule has 0 aromatic carbocycles. The van der Waals surface area contributed by atoms with E-state index in [1.54, 1.807) is 4.72 Å². The molecule has 1 amide bonds. The molecule has 2 unspecified atom stereocenters. The van der Waals surface area contributed by atoms with Crippen molar-refractivity contribution in [2.75, 3.05) is 13.7 Å². The average Bonchev–Trinajstić information content (AvgIpc) is 2.21. The van der Waals surface area contributed by atoms with Crippen LogP contribution in [0.15, 0.2) is 0 Å². The summed E-state index contributed by atoms with van der Waals surface area (Å²) >= 11 is 0. The molecule has 0 radical (unpaired) electrons. The molecule has 0 aliphatic carbocycles. The minimum atomic E-state index is -3.89. The average molecular weight is 251 g/mol. The third-order valence-corrected chi connectivity index (χ3v) is 4.13. The van der Waals surface area contributed by atoms with Gasteiger partial charge in [0.05, 0.1) is 13.3 Å². The van der Waals surface area contributed by atoms with Gasteiger partial charge >= 0.3 is 16.3 Å². The predicted molar refractivity (Wildman–Crippen MR) is 57.5 cm³/mol. The number of methoxy groups -OCH3 is 1. The molecule has 0 aromatic rings. The molecule has 2 atom stereocenters. The Morgan fingerprint density at radius 1 is 1.56 bits per heavy atom. The van der Waals surface area contributed by atoms with Gasteiger partial charge in [-0.2, -0.15) is 12.7 Å². The van der Waals surface area contributed by atoms with Gasteiger partial charge in [-0.1, -0.05) is 6.92 Å². The number of piperidine rings is 1. The van der Waals surface area contributed by atoms with Crippen LogP contribution in [0.5, 0.6) is 0 Å². The maximum Gasteiger partial charge on any atom is 0.421 e. The highest BCUT2D eigenvalue weighted by atomic mass is 32.2. The minimum Gasteiger partial charge on any atom is -0.452 e. The lowest BCUT2D eigenvalue weighted by Gasteiger charge is -2.35. The Morgan fingerprint density at radius 2 is 2.19 bits per heavy atom. The van der Waals surface area contributed by atoms with E-state index in [-0.39, 0.29) is 5.92 Å². The quantitative estimate of drug-likeness (QED) is 0.695. The summed E-state index contributed by atoms with van der Waals surface area (Å²) in [6.45, 7) is 2.20. The third-order valence-electron chi connectivity index (χ3n) is 2.66. The highest BCUT2D eigenvalue weighted by Gasteiger charge is 2.35. The zero-order valence-corrected chi connectivity index (χ0v) is 10.2. The summed E-state index contributed by atoms with van der Waals surface area (Å²) in [5.41, 5.74) is 5.78. The molecular weight excluding hydrogens is 234 g/mol. The van der Waals surface area contributed by atoms with Gasteiger partial charge in [-0.25, -0.2) is 9.52 Å². The lowest BCUT2D eigenvalue weighted by molar-refractivity contribution is 0.170. The van der Waals surface area contributed by atoms with Crippen molar-refractivity contribution in [3.63, 3.8) is 0 Å². The second kappa shape index (κ2) is 4.98. The van der Waals surface area contributed by atoms with Crippen molar-refractivity contribution in [2.24, 2.45) is 11.7 Å². The molecule has 1 heterocycles. The van der Waals surface area contributed by atoms with Crippen LogP contribution in [0.3, 0.4) is 0 Å². The molecule has 1 rings (SSSR count). The van der Waals surface area contributed by atoms with Gasteiger partial charge in [0, 0.05) is 6.54 Å². The monoisotopic (exact) mass is 251 g/mol. The van der Waals surface area contributed by atoms with E-state index in [1.165, 1.54) is 0 Å². The molecule has 0 bridgehead atoms. The van der Waals surface area contributed by atoms with Crippen LogP contribution < -0.4 is 10.5 Å². The first kappa shape index (κ1) is 13.2. The van der Waals surface area contributed by atoms with Crippen LogP contribution in [-0.4, -0.2) is 38.6 Å². The van der Waals surface area contributed by atoms with Crippen molar-refractivity contribution in [1.29, 1.82) is 0 Å². The number of carbonyl (C=O) groups excluding carboxylic acids is 1. The number of rotatable bonds is 2. The second-order valence-corrected chi connectivity index (χ2v) is 5.44. The maximum atomic E-state index is 11.7.